The molecule has 1 aromatic carbocycles. The number of amides is 2. The second-order valence-electron chi connectivity index (χ2n) is 5.44. The van der Waals surface area contributed by atoms with Crippen LogP contribution < -0.4 is 10.1 Å². The first-order valence-electron chi connectivity index (χ1n) is 7.43. The van der Waals surface area contributed by atoms with E-state index in [2.05, 4.69) is 21.5 Å². The number of aryl methyl sites for hydroxylation is 2. The van der Waals surface area contributed by atoms with E-state index >= 15 is 0 Å². The predicted octanol–water partition coefficient (Wildman–Crippen LogP) is 2.08. The number of aromatic nitrogens is 2. The number of ether oxygens (including phenoxy) is 1. The molecule has 7 heteroatoms. The maximum absolute atomic E-state index is 11.4. The molecule has 2 aromatic rings. The first-order valence-corrected chi connectivity index (χ1v) is 7.43. The normalized spacial score (nSPS) is 10.4. The Morgan fingerprint density at radius 3 is 2.65 bits per heavy atom. The van der Waals surface area contributed by atoms with Crippen LogP contribution in [0.5, 0.6) is 5.75 Å². The topological polar surface area (TPSA) is 80.5 Å². The van der Waals surface area contributed by atoms with Gasteiger partial charge in [0.1, 0.15) is 5.75 Å². The molecule has 23 heavy (non-hydrogen) atoms. The molecule has 0 radical (unpaired) electrons. The van der Waals surface area contributed by atoms with Gasteiger partial charge in [0, 0.05) is 27.1 Å². The monoisotopic (exact) mass is 318 g/mol. The average molecular weight is 318 g/mol. The van der Waals surface area contributed by atoms with Gasteiger partial charge in [-0.2, -0.15) is 4.98 Å². The molecule has 0 bridgehead atoms. The van der Waals surface area contributed by atoms with Gasteiger partial charge in [-0.3, -0.25) is 0 Å². The number of urea groups is 1. The summed E-state index contributed by atoms with van der Waals surface area (Å²) in [4.78, 5) is 17.2. The van der Waals surface area contributed by atoms with Crippen LogP contribution in [-0.2, 0) is 13.0 Å². The minimum absolute atomic E-state index is 0.146. The molecule has 1 heterocycles. The molecule has 0 aliphatic carbocycles. The molecule has 1 N–H and O–H groups in total. The van der Waals surface area contributed by atoms with E-state index < -0.39 is 0 Å². The number of nitrogens with zero attached hydrogens (tertiary/aromatic N) is 3. The van der Waals surface area contributed by atoms with Gasteiger partial charge >= 0.3 is 6.03 Å². The van der Waals surface area contributed by atoms with Crippen LogP contribution in [0.4, 0.5) is 4.79 Å². The summed E-state index contributed by atoms with van der Waals surface area (Å²) in [5, 5.41) is 6.45. The molecular formula is C16H22N4O3. The SMILES string of the molecule is CNC(=O)N(C)CCc1noc(COc2cc(C)cc(C)c2)n1. The van der Waals surface area contributed by atoms with Crippen LogP contribution in [0.2, 0.25) is 0 Å². The van der Waals surface area contributed by atoms with Crippen LogP contribution >= 0.6 is 0 Å². The molecule has 0 aliphatic rings. The number of hydrogen-bond acceptors (Lipinski definition) is 5. The third-order valence-electron chi connectivity index (χ3n) is 3.30. The van der Waals surface area contributed by atoms with Crippen LogP contribution in [0.3, 0.4) is 0 Å². The summed E-state index contributed by atoms with van der Waals surface area (Å²) in [6, 6.07) is 5.86. The maximum atomic E-state index is 11.4. The van der Waals surface area contributed by atoms with Crippen LogP contribution in [0, 0.1) is 13.8 Å². The Kier molecular flexibility index (Phi) is 5.56. The Morgan fingerprint density at radius 1 is 1.30 bits per heavy atom. The first kappa shape index (κ1) is 16.8. The van der Waals surface area contributed by atoms with Gasteiger partial charge in [-0.25, -0.2) is 4.79 Å². The van der Waals surface area contributed by atoms with Crippen molar-refractivity contribution >= 4 is 6.03 Å². The summed E-state index contributed by atoms with van der Waals surface area (Å²) >= 11 is 0. The number of rotatable bonds is 6. The van der Waals surface area contributed by atoms with Crippen molar-refractivity contribution in [1.29, 1.82) is 0 Å². The molecule has 124 valence electrons. The van der Waals surface area contributed by atoms with E-state index in [0.717, 1.165) is 16.9 Å². The van der Waals surface area contributed by atoms with E-state index in [0.29, 0.717) is 24.7 Å². The summed E-state index contributed by atoms with van der Waals surface area (Å²) < 4.78 is 10.8. The number of benzene rings is 1. The van der Waals surface area contributed by atoms with Gasteiger partial charge in [-0.15, -0.1) is 0 Å². The highest BCUT2D eigenvalue weighted by Gasteiger charge is 2.10. The highest BCUT2D eigenvalue weighted by molar-refractivity contribution is 5.73. The van der Waals surface area contributed by atoms with Crippen molar-refractivity contribution in [1.82, 2.24) is 20.4 Å². The molecule has 2 amide bonds. The van der Waals surface area contributed by atoms with Gasteiger partial charge in [0.25, 0.3) is 5.89 Å². The minimum Gasteiger partial charge on any atom is -0.484 e. The van der Waals surface area contributed by atoms with Crippen LogP contribution in [0.1, 0.15) is 22.8 Å². The van der Waals surface area contributed by atoms with E-state index in [1.165, 1.54) is 0 Å². The summed E-state index contributed by atoms with van der Waals surface area (Å²) in [7, 11) is 3.30. The van der Waals surface area contributed by atoms with Crippen LogP contribution in [0.25, 0.3) is 0 Å². The van der Waals surface area contributed by atoms with Crippen LogP contribution in [-0.4, -0.2) is 41.7 Å². The smallest absolute Gasteiger partial charge is 0.316 e. The van der Waals surface area contributed by atoms with Gasteiger partial charge in [-0.1, -0.05) is 11.2 Å². The van der Waals surface area contributed by atoms with Crippen molar-refractivity contribution in [3.05, 3.63) is 41.0 Å². The Balaban J connectivity index is 1.86. The van der Waals surface area contributed by atoms with Crippen LogP contribution in [0.15, 0.2) is 22.7 Å². The average Bonchev–Trinajstić information content (AvgIpc) is 2.97. The summed E-state index contributed by atoms with van der Waals surface area (Å²) in [5.74, 6) is 1.75. The quantitative estimate of drug-likeness (QED) is 0.882. The molecule has 1 aromatic heterocycles. The standard InChI is InChI=1S/C16H22N4O3/c1-11-7-12(2)9-13(8-11)22-10-15-18-14(19-23-15)5-6-20(4)16(21)17-3/h7-9H,5-6,10H2,1-4H3,(H,17,21). The van der Waals surface area contributed by atoms with Crippen molar-refractivity contribution in [2.75, 3.05) is 20.6 Å². The largest absolute Gasteiger partial charge is 0.484 e. The lowest BCUT2D eigenvalue weighted by atomic mass is 10.1. The number of carbonyl (C=O) groups excluding carboxylic acids is 1. The van der Waals surface area contributed by atoms with Crippen molar-refractivity contribution in [2.24, 2.45) is 0 Å². The first-order chi connectivity index (χ1) is 11.0. The molecule has 0 aliphatic heterocycles. The summed E-state index contributed by atoms with van der Waals surface area (Å²) in [6.45, 7) is 4.78. The number of likely N-dealkylation sites (N-methyl/N-ethyl adjacent to an activating group) is 1. The fourth-order valence-corrected chi connectivity index (χ4v) is 2.17. The third kappa shape index (κ3) is 4.98. The number of carbonyl (C=O) groups is 1. The van der Waals surface area contributed by atoms with Crippen molar-refractivity contribution < 1.29 is 14.1 Å². The maximum Gasteiger partial charge on any atom is 0.316 e. The van der Waals surface area contributed by atoms with E-state index in [1.807, 2.05) is 26.0 Å². The van der Waals surface area contributed by atoms with Crippen molar-refractivity contribution in [2.45, 2.75) is 26.9 Å². The van der Waals surface area contributed by atoms with Gasteiger partial charge in [0.15, 0.2) is 12.4 Å². The molecule has 7 nitrogen and oxygen atoms in total. The minimum atomic E-state index is -0.146. The van der Waals surface area contributed by atoms with Gasteiger partial charge < -0.3 is 19.5 Å². The lowest BCUT2D eigenvalue weighted by molar-refractivity contribution is 0.211. The van der Waals surface area contributed by atoms with E-state index in [4.69, 9.17) is 9.26 Å². The predicted molar refractivity (Wildman–Crippen MR) is 85.3 cm³/mol. The third-order valence-corrected chi connectivity index (χ3v) is 3.30. The number of nitrogens with one attached hydrogen (secondary N) is 1. The van der Waals surface area contributed by atoms with Crippen molar-refractivity contribution in [3.63, 3.8) is 0 Å². The molecule has 0 saturated heterocycles. The Labute approximate surface area is 135 Å². The van der Waals surface area contributed by atoms with E-state index in [9.17, 15) is 4.79 Å². The zero-order chi connectivity index (χ0) is 16.8. The molecule has 0 unspecified atom stereocenters. The van der Waals surface area contributed by atoms with Gasteiger partial charge in [0.05, 0.1) is 0 Å². The van der Waals surface area contributed by atoms with Gasteiger partial charge in [0.2, 0.25) is 0 Å². The van der Waals surface area contributed by atoms with Crippen molar-refractivity contribution in [3.8, 4) is 5.75 Å². The summed E-state index contributed by atoms with van der Waals surface area (Å²) in [5.41, 5.74) is 2.28. The van der Waals surface area contributed by atoms with E-state index in [-0.39, 0.29) is 12.6 Å². The highest BCUT2D eigenvalue weighted by atomic mass is 16.5. The molecule has 0 fully saturated rings. The fourth-order valence-electron chi connectivity index (χ4n) is 2.17. The fraction of sp³-hybridized carbons (Fsp3) is 0.438. The Hall–Kier alpha value is -2.57. The second-order valence-corrected chi connectivity index (χ2v) is 5.44. The number of hydrogen-bond donors (Lipinski definition) is 1. The molecule has 0 atom stereocenters. The molecular weight excluding hydrogens is 296 g/mol. The molecule has 2 rings (SSSR count). The highest BCUT2D eigenvalue weighted by Crippen LogP contribution is 2.17. The molecule has 0 saturated carbocycles. The second kappa shape index (κ2) is 7.62. The Bertz CT molecular complexity index is 649. The summed E-state index contributed by atoms with van der Waals surface area (Å²) in [6.07, 6.45) is 0.525. The van der Waals surface area contributed by atoms with E-state index in [1.54, 1.807) is 19.0 Å². The zero-order valence-corrected chi connectivity index (χ0v) is 13.9. The van der Waals surface area contributed by atoms with Gasteiger partial charge in [-0.05, 0) is 37.1 Å². The molecule has 0 spiro atoms. The lowest BCUT2D eigenvalue weighted by Gasteiger charge is -2.14. The zero-order valence-electron chi connectivity index (χ0n) is 13.9. The lowest BCUT2D eigenvalue weighted by Crippen LogP contribution is -2.36. The Morgan fingerprint density at radius 2 is 2.00 bits per heavy atom.